The van der Waals surface area contributed by atoms with E-state index in [0.29, 0.717) is 0 Å². The molecule has 0 fully saturated rings. The summed E-state index contributed by atoms with van der Waals surface area (Å²) < 4.78 is 0. The summed E-state index contributed by atoms with van der Waals surface area (Å²) in [5.41, 5.74) is 9.54. The van der Waals surface area contributed by atoms with Gasteiger partial charge in [0.2, 0.25) is 0 Å². The second-order valence-corrected chi connectivity index (χ2v) is 4.13. The Balaban J connectivity index is 3.73. The van der Waals surface area contributed by atoms with Crippen LogP contribution in [0, 0.1) is 0 Å². The first kappa shape index (κ1) is 11.9. The second kappa shape index (κ2) is 4.81. The minimum Gasteiger partial charge on any atom is -0.329 e. The lowest BCUT2D eigenvalue weighted by Crippen LogP contribution is -2.30. The van der Waals surface area contributed by atoms with Crippen LogP contribution in [0.25, 0.3) is 0 Å². The zero-order valence-corrected chi connectivity index (χ0v) is 7.44. The minimum atomic E-state index is -4.31. The molecule has 0 heterocycles. The van der Waals surface area contributed by atoms with Gasteiger partial charge in [0.1, 0.15) is 0 Å². The van der Waals surface area contributed by atoms with Crippen molar-refractivity contribution in [3.05, 3.63) is 0 Å². The Bertz CT molecular complexity index is 158. The molecule has 0 aromatic carbocycles. The van der Waals surface area contributed by atoms with Gasteiger partial charge in [-0.2, -0.15) is 14.7 Å². The maximum absolute atomic E-state index is 10.7. The average Bonchev–Trinajstić information content (AvgIpc) is 1.97. The summed E-state index contributed by atoms with van der Waals surface area (Å²) in [4.78, 5) is 36.1. The highest BCUT2D eigenvalue weighted by Crippen LogP contribution is 2.46. The molecule has 7 heteroatoms. The Morgan fingerprint density at radius 1 is 1.42 bits per heavy atom. The average molecular weight is 197 g/mol. The van der Waals surface area contributed by atoms with Gasteiger partial charge in [-0.25, -0.2) is 4.79 Å². The van der Waals surface area contributed by atoms with Gasteiger partial charge in [0.15, 0.2) is 0 Å². The minimum absolute atomic E-state index is 0.157. The predicted molar refractivity (Wildman–Crippen MR) is 44.8 cm³/mol. The summed E-state index contributed by atoms with van der Waals surface area (Å²) in [5.74, 6) is 0. The summed E-state index contributed by atoms with van der Waals surface area (Å²) in [5, 5.41) is 0. The Hall–Kier alpha value is -0.100. The number of hydrogen-bond donors (Lipinski definition) is 5. The zero-order chi connectivity index (χ0) is 9.78. The number of hydrogen-bond acceptors (Lipinski definition) is 6. The summed E-state index contributed by atoms with van der Waals surface area (Å²) in [6, 6.07) is -0.347. The van der Waals surface area contributed by atoms with Crippen LogP contribution in [0.2, 0.25) is 0 Å². The molecule has 0 amide bonds. The van der Waals surface area contributed by atoms with Gasteiger partial charge in [0.25, 0.3) is 0 Å². The zero-order valence-electron chi connectivity index (χ0n) is 6.55. The van der Waals surface area contributed by atoms with Crippen molar-refractivity contribution in [2.45, 2.75) is 18.9 Å². The second-order valence-electron chi connectivity index (χ2n) is 2.50. The van der Waals surface area contributed by atoms with E-state index >= 15 is 0 Å². The number of rotatable bonds is 5. The Labute approximate surface area is 70.8 Å². The van der Waals surface area contributed by atoms with E-state index < -0.39 is 13.5 Å². The third-order valence-corrected chi connectivity index (χ3v) is 2.26. The molecular weight excluding hydrogens is 183 g/mol. The van der Waals surface area contributed by atoms with Crippen molar-refractivity contribution < 1.29 is 19.5 Å². The first-order valence-corrected chi connectivity index (χ1v) is 5.09. The van der Waals surface area contributed by atoms with Crippen molar-refractivity contribution in [3.63, 3.8) is 0 Å². The van der Waals surface area contributed by atoms with Crippen LogP contribution in [0.15, 0.2) is 0 Å². The monoisotopic (exact) mass is 197 g/mol. The molecule has 6 nitrogen and oxygen atoms in total. The van der Waals surface area contributed by atoms with Gasteiger partial charge in [-0.1, -0.05) is 0 Å². The van der Waals surface area contributed by atoms with E-state index in [9.17, 15) is 4.79 Å². The first-order valence-electron chi connectivity index (χ1n) is 3.44. The molecule has 0 aromatic rings. The predicted octanol–water partition coefficient (Wildman–Crippen LogP) is -1.68. The van der Waals surface area contributed by atoms with Crippen LogP contribution < -0.4 is 11.5 Å². The van der Waals surface area contributed by atoms with E-state index in [1.54, 1.807) is 0 Å². The largest absolute Gasteiger partial charge is 0.478 e. The Kier molecular flexibility index (Phi) is 4.77. The molecule has 0 saturated heterocycles. The van der Waals surface area contributed by atoms with E-state index in [-0.39, 0.29) is 25.4 Å². The normalized spacial score (nSPS) is 14.4. The van der Waals surface area contributed by atoms with Crippen LogP contribution in [0.3, 0.4) is 0 Å². The van der Waals surface area contributed by atoms with Crippen LogP contribution in [0.5, 0.6) is 0 Å². The molecule has 0 saturated carbocycles. The van der Waals surface area contributed by atoms with Crippen molar-refractivity contribution >= 4 is 13.5 Å². The van der Waals surface area contributed by atoms with Gasteiger partial charge in [0, 0.05) is 12.6 Å². The van der Waals surface area contributed by atoms with E-state index in [1.165, 1.54) is 0 Å². The van der Waals surface area contributed by atoms with Crippen LogP contribution in [0.4, 0.5) is 0 Å². The summed E-state index contributed by atoms with van der Waals surface area (Å²) in [6.45, 7) is 0.223. The molecule has 0 rings (SSSR count). The molecule has 72 valence electrons. The van der Waals surface area contributed by atoms with Crippen LogP contribution in [-0.4, -0.2) is 32.8 Å². The van der Waals surface area contributed by atoms with E-state index in [0.717, 1.165) is 0 Å². The molecule has 1 atom stereocenters. The van der Waals surface area contributed by atoms with Crippen molar-refractivity contribution in [1.82, 2.24) is 0 Å². The lowest BCUT2D eigenvalue weighted by atomic mass is 10.2. The lowest BCUT2D eigenvalue weighted by molar-refractivity contribution is -0.114. The summed E-state index contributed by atoms with van der Waals surface area (Å²) in [7, 11) is -4.31. The molecule has 1 unspecified atom stereocenters. The van der Waals surface area contributed by atoms with Gasteiger partial charge in [-0.15, -0.1) is 0 Å². The van der Waals surface area contributed by atoms with Crippen molar-refractivity contribution in [2.24, 2.45) is 11.5 Å². The number of nitrogens with two attached hydrogens (primary N) is 2. The Morgan fingerprint density at radius 3 is 2.25 bits per heavy atom. The van der Waals surface area contributed by atoms with Crippen molar-refractivity contribution in [2.75, 3.05) is 6.54 Å². The third-order valence-electron chi connectivity index (χ3n) is 1.37. The molecule has 0 aliphatic carbocycles. The lowest BCUT2D eigenvalue weighted by Gasteiger charge is -2.06. The van der Waals surface area contributed by atoms with Crippen molar-refractivity contribution in [1.29, 1.82) is 0 Å². The highest BCUT2D eigenvalue weighted by atomic mass is 31.2. The molecule has 0 bridgehead atoms. The highest BCUT2D eigenvalue weighted by Gasteiger charge is 2.41. The van der Waals surface area contributed by atoms with Crippen LogP contribution >= 0.6 is 7.94 Å². The van der Waals surface area contributed by atoms with E-state index in [4.69, 9.17) is 26.1 Å². The Morgan fingerprint density at radius 2 is 1.92 bits per heavy atom. The number of carbonyl (C=O) groups is 1. The first-order chi connectivity index (χ1) is 5.38. The fraction of sp³-hybridized carbons (Fsp3) is 0.800. The molecular formula is C5H14N2O4P+. The summed E-state index contributed by atoms with van der Waals surface area (Å²) in [6.07, 6.45) is 0.0917. The molecule has 0 aliphatic heterocycles. The van der Waals surface area contributed by atoms with E-state index in [1.807, 2.05) is 0 Å². The van der Waals surface area contributed by atoms with Gasteiger partial charge >= 0.3 is 13.5 Å². The third kappa shape index (κ3) is 4.71. The fourth-order valence-electron chi connectivity index (χ4n) is 0.577. The standard InChI is InChI=1S/C5H14N2O4P/c6-3-4(7)1-2-5(8)12(9,10)11/h4,9-11H,1-3,6-7H2/q+1. The van der Waals surface area contributed by atoms with Gasteiger partial charge in [-0.05, 0) is 6.42 Å². The van der Waals surface area contributed by atoms with Crippen molar-refractivity contribution in [3.8, 4) is 0 Å². The fourth-order valence-corrected chi connectivity index (χ4v) is 1.01. The molecule has 0 spiro atoms. The SMILES string of the molecule is NCC(N)CCC(=O)[P+](O)(O)O. The van der Waals surface area contributed by atoms with Gasteiger partial charge in [0.05, 0.1) is 6.42 Å². The quantitative estimate of drug-likeness (QED) is 0.334. The molecule has 0 aromatic heterocycles. The molecule has 0 radical (unpaired) electrons. The van der Waals surface area contributed by atoms with Gasteiger partial charge in [-0.3, -0.25) is 0 Å². The van der Waals surface area contributed by atoms with Gasteiger partial charge < -0.3 is 11.5 Å². The number of carbonyl (C=O) groups excluding carboxylic acids is 1. The molecule has 12 heavy (non-hydrogen) atoms. The maximum Gasteiger partial charge on any atom is 0.478 e. The van der Waals surface area contributed by atoms with Crippen LogP contribution in [-0.2, 0) is 4.79 Å². The maximum atomic E-state index is 10.7. The van der Waals surface area contributed by atoms with Crippen LogP contribution in [0.1, 0.15) is 12.8 Å². The smallest absolute Gasteiger partial charge is 0.329 e. The molecule has 7 N–H and O–H groups in total. The summed E-state index contributed by atoms with van der Waals surface area (Å²) >= 11 is 0. The van der Waals surface area contributed by atoms with E-state index in [2.05, 4.69) is 0 Å². The molecule has 0 aliphatic rings. The topological polar surface area (TPSA) is 130 Å². The highest BCUT2D eigenvalue weighted by molar-refractivity contribution is 7.76.